The van der Waals surface area contributed by atoms with Crippen LogP contribution in [0.25, 0.3) is 53.2 Å². The number of hydrogen-bond acceptors (Lipinski definition) is 5. The molecule has 0 saturated heterocycles. The standard InChI is InChI=1S/C70H65BN2O2S/c1-67(2,3)44-22-28-48(29-23-44)72(49-30-24-45(25-31-49)68(4,5)6)59-41-50(40-54-51-17-13-15-19-60(51)75-66(54)59)73-57-32-26-46(69(7,8)9)38-55(57)71-56-39-47(70(10,11)12)27-33-61(56)74-62-37-43(36-58(73)65(62)71)42-21-34-64-53(35-42)52-18-14-16-20-63(52)76-64/h13-41H,1-12H3. The third-order valence-corrected chi connectivity index (χ3v) is 17.3. The topological polar surface area (TPSA) is 28.9 Å². The molecule has 0 amide bonds. The van der Waals surface area contributed by atoms with Crippen molar-refractivity contribution in [3.63, 3.8) is 0 Å². The average molecular weight is 1010 g/mol. The third-order valence-electron chi connectivity index (χ3n) is 16.1. The Morgan fingerprint density at radius 2 is 1.01 bits per heavy atom. The maximum atomic E-state index is 7.31. The number of benzene rings is 9. The molecule has 11 aromatic rings. The smallest absolute Gasteiger partial charge is 0.256 e. The molecule has 0 radical (unpaired) electrons. The van der Waals surface area contributed by atoms with Gasteiger partial charge in [0.15, 0.2) is 5.58 Å². The van der Waals surface area contributed by atoms with E-state index in [4.69, 9.17) is 9.15 Å². The molecular formula is C70H65BN2O2S. The van der Waals surface area contributed by atoms with E-state index in [9.17, 15) is 0 Å². The summed E-state index contributed by atoms with van der Waals surface area (Å²) in [6, 6.07) is 66.2. The van der Waals surface area contributed by atoms with Crippen molar-refractivity contribution in [2.75, 3.05) is 9.80 Å². The second-order valence-electron chi connectivity index (χ2n) is 25.5. The zero-order chi connectivity index (χ0) is 52.8. The molecule has 76 heavy (non-hydrogen) atoms. The number of fused-ring (bicyclic) bond motifs is 10. The van der Waals surface area contributed by atoms with E-state index in [1.54, 1.807) is 0 Å². The maximum absolute atomic E-state index is 7.31. The lowest BCUT2D eigenvalue weighted by Gasteiger charge is -2.41. The number of rotatable bonds is 5. The number of ether oxygens (including phenoxy) is 1. The first-order chi connectivity index (χ1) is 36.2. The number of nitrogens with zero attached hydrogens (tertiary/aromatic N) is 2. The Labute approximate surface area is 452 Å². The predicted octanol–water partition coefficient (Wildman–Crippen LogP) is 18.7. The van der Waals surface area contributed by atoms with E-state index in [0.717, 1.165) is 78.7 Å². The van der Waals surface area contributed by atoms with Crippen LogP contribution in [-0.2, 0) is 21.7 Å². The van der Waals surface area contributed by atoms with Crippen molar-refractivity contribution in [1.82, 2.24) is 0 Å². The number of furan rings is 1. The lowest BCUT2D eigenvalue weighted by atomic mass is 9.33. The molecule has 0 bridgehead atoms. The third kappa shape index (κ3) is 7.94. The van der Waals surface area contributed by atoms with Gasteiger partial charge in [-0.1, -0.05) is 174 Å². The highest BCUT2D eigenvalue weighted by Crippen LogP contribution is 2.50. The van der Waals surface area contributed by atoms with Crippen molar-refractivity contribution in [2.45, 2.75) is 105 Å². The summed E-state index contributed by atoms with van der Waals surface area (Å²) in [5.74, 6) is 1.79. The molecule has 376 valence electrons. The van der Waals surface area contributed by atoms with Crippen LogP contribution < -0.4 is 30.9 Å². The Bertz CT molecular complexity index is 4080. The molecule has 0 atom stereocenters. The van der Waals surface area contributed by atoms with E-state index in [-0.39, 0.29) is 28.4 Å². The minimum Gasteiger partial charge on any atom is -0.458 e. The summed E-state index contributed by atoms with van der Waals surface area (Å²) in [7, 11) is 0. The summed E-state index contributed by atoms with van der Waals surface area (Å²) in [6.07, 6.45) is 0. The first-order valence-corrected chi connectivity index (χ1v) is 27.8. The van der Waals surface area contributed by atoms with Gasteiger partial charge in [0.05, 0.1) is 5.69 Å². The number of para-hydroxylation sites is 1. The first-order valence-electron chi connectivity index (χ1n) is 27.0. The second-order valence-corrected chi connectivity index (χ2v) is 26.6. The van der Waals surface area contributed by atoms with E-state index < -0.39 is 0 Å². The van der Waals surface area contributed by atoms with Gasteiger partial charge in [0.1, 0.15) is 17.1 Å². The van der Waals surface area contributed by atoms with Gasteiger partial charge in [-0.15, -0.1) is 11.3 Å². The zero-order valence-electron chi connectivity index (χ0n) is 45.9. The molecule has 9 aromatic carbocycles. The van der Waals surface area contributed by atoms with E-state index in [2.05, 4.69) is 269 Å². The van der Waals surface area contributed by atoms with Crippen LogP contribution in [0.3, 0.4) is 0 Å². The fourth-order valence-electron chi connectivity index (χ4n) is 11.8. The molecular weight excluding hydrogens is 944 g/mol. The summed E-state index contributed by atoms with van der Waals surface area (Å²) in [6.45, 7) is 27.5. The average Bonchev–Trinajstić information content (AvgIpc) is 4.09. The van der Waals surface area contributed by atoms with Crippen LogP contribution in [0.15, 0.2) is 180 Å². The molecule has 13 rings (SSSR count). The highest BCUT2D eigenvalue weighted by molar-refractivity contribution is 7.25. The molecule has 2 aliphatic heterocycles. The summed E-state index contributed by atoms with van der Waals surface area (Å²) in [5.41, 5.74) is 18.9. The van der Waals surface area contributed by atoms with Crippen molar-refractivity contribution in [1.29, 1.82) is 0 Å². The van der Waals surface area contributed by atoms with Gasteiger partial charge in [-0.25, -0.2) is 0 Å². The van der Waals surface area contributed by atoms with Gasteiger partial charge in [-0.2, -0.15) is 0 Å². The monoisotopic (exact) mass is 1010 g/mol. The lowest BCUT2D eigenvalue weighted by Crippen LogP contribution is -2.60. The van der Waals surface area contributed by atoms with Crippen LogP contribution in [0, 0.1) is 0 Å². The highest BCUT2D eigenvalue weighted by atomic mass is 32.1. The Morgan fingerprint density at radius 3 is 1.67 bits per heavy atom. The van der Waals surface area contributed by atoms with Crippen LogP contribution >= 0.6 is 11.3 Å². The van der Waals surface area contributed by atoms with E-state index >= 15 is 0 Å². The quantitative estimate of drug-likeness (QED) is 0.161. The molecule has 0 fully saturated rings. The molecule has 0 aliphatic carbocycles. The first kappa shape index (κ1) is 48.1. The van der Waals surface area contributed by atoms with Crippen molar-refractivity contribution in [3.05, 3.63) is 198 Å². The van der Waals surface area contributed by atoms with Crippen LogP contribution in [0.1, 0.15) is 105 Å². The van der Waals surface area contributed by atoms with Gasteiger partial charge in [0, 0.05) is 59.4 Å². The van der Waals surface area contributed by atoms with Gasteiger partial charge in [-0.05, 0) is 156 Å². The number of anilines is 6. The molecule has 2 aromatic heterocycles. The summed E-state index contributed by atoms with van der Waals surface area (Å²) < 4.78 is 17.0. The van der Waals surface area contributed by atoms with Crippen LogP contribution in [-0.4, -0.2) is 6.71 Å². The van der Waals surface area contributed by atoms with Gasteiger partial charge in [0.2, 0.25) is 0 Å². The summed E-state index contributed by atoms with van der Waals surface area (Å²) >= 11 is 1.85. The second kappa shape index (κ2) is 17.0. The molecule has 4 nitrogen and oxygen atoms in total. The number of thiophene rings is 1. The minimum absolute atomic E-state index is 0.00846. The van der Waals surface area contributed by atoms with Crippen molar-refractivity contribution in [2.24, 2.45) is 0 Å². The lowest BCUT2D eigenvalue weighted by molar-refractivity contribution is 0.486. The van der Waals surface area contributed by atoms with Crippen LogP contribution in [0.5, 0.6) is 11.5 Å². The molecule has 6 heteroatoms. The van der Waals surface area contributed by atoms with E-state index in [1.165, 1.54) is 58.8 Å². The molecule has 0 unspecified atom stereocenters. The minimum atomic E-state index is -0.0914. The summed E-state index contributed by atoms with van der Waals surface area (Å²) in [4.78, 5) is 4.94. The summed E-state index contributed by atoms with van der Waals surface area (Å²) in [5, 5.41) is 4.68. The Morgan fingerprint density at radius 1 is 0.434 bits per heavy atom. The predicted molar refractivity (Wildman–Crippen MR) is 327 cm³/mol. The molecule has 4 heterocycles. The van der Waals surface area contributed by atoms with Gasteiger partial charge < -0.3 is 19.0 Å². The van der Waals surface area contributed by atoms with Gasteiger partial charge in [-0.3, -0.25) is 0 Å². The van der Waals surface area contributed by atoms with E-state index in [0.29, 0.717) is 0 Å². The van der Waals surface area contributed by atoms with Crippen molar-refractivity contribution >= 4 is 111 Å². The molecule has 0 saturated carbocycles. The SMILES string of the molecule is CC(C)(C)c1ccc(N(c2ccc(C(C)(C)C)cc2)c2cc(N3c4ccc(C(C)(C)C)cc4B4c5cc(C(C)(C)C)ccc5Oc5cc(-c6ccc7sc8ccccc8c7c6)cc3c54)cc3c2oc2ccccc23)cc1. The fraction of sp³-hybridized carbons (Fsp3) is 0.229. The van der Waals surface area contributed by atoms with Crippen LogP contribution in [0.4, 0.5) is 34.1 Å². The largest absolute Gasteiger partial charge is 0.458 e. The van der Waals surface area contributed by atoms with Crippen molar-refractivity contribution < 1.29 is 9.15 Å². The van der Waals surface area contributed by atoms with Gasteiger partial charge >= 0.3 is 0 Å². The van der Waals surface area contributed by atoms with Crippen molar-refractivity contribution in [3.8, 4) is 22.6 Å². The zero-order valence-corrected chi connectivity index (χ0v) is 46.8. The van der Waals surface area contributed by atoms with Gasteiger partial charge in [0.25, 0.3) is 6.71 Å². The molecule has 0 spiro atoms. The maximum Gasteiger partial charge on any atom is 0.256 e. The number of hydrogen-bond donors (Lipinski definition) is 0. The normalized spacial score (nSPS) is 13.6. The molecule has 2 aliphatic rings. The Hall–Kier alpha value is -7.54. The van der Waals surface area contributed by atoms with Crippen LogP contribution in [0.2, 0.25) is 0 Å². The fourth-order valence-corrected chi connectivity index (χ4v) is 12.9. The Balaban J connectivity index is 1.12. The molecule has 0 N–H and O–H groups in total. The Kier molecular flexibility index (Phi) is 10.8. The highest BCUT2D eigenvalue weighted by Gasteiger charge is 2.44. The van der Waals surface area contributed by atoms with E-state index in [1.807, 2.05) is 11.3 Å².